The van der Waals surface area contributed by atoms with Crippen molar-refractivity contribution < 1.29 is 19.1 Å². The lowest BCUT2D eigenvalue weighted by molar-refractivity contribution is -0.138. The van der Waals surface area contributed by atoms with Gasteiger partial charge in [0.1, 0.15) is 13.2 Å². The van der Waals surface area contributed by atoms with Crippen LogP contribution < -0.4 is 0 Å². The lowest BCUT2D eigenvalue weighted by Gasteiger charge is -2.34. The van der Waals surface area contributed by atoms with Gasteiger partial charge in [-0.25, -0.2) is 0 Å². The highest BCUT2D eigenvalue weighted by atomic mass is 32.1. The molecule has 236 valence electrons. The Morgan fingerprint density at radius 1 is 0.568 bits per heavy atom. The predicted octanol–water partition coefficient (Wildman–Crippen LogP) is 5.34. The Morgan fingerprint density at radius 3 is 1.16 bits per heavy atom. The first-order chi connectivity index (χ1) is 21.6. The summed E-state index contributed by atoms with van der Waals surface area (Å²) in [5, 5.41) is 8.18. The summed E-state index contributed by atoms with van der Waals surface area (Å²) in [5.41, 5.74) is 0. The van der Waals surface area contributed by atoms with Crippen molar-refractivity contribution >= 4 is 57.2 Å². The van der Waals surface area contributed by atoms with Crippen LogP contribution >= 0.6 is 45.3 Å². The zero-order valence-corrected chi connectivity index (χ0v) is 28.1. The van der Waals surface area contributed by atoms with Crippen LogP contribution in [0.1, 0.15) is 19.5 Å². The highest BCUT2D eigenvalue weighted by molar-refractivity contribution is 7.10. The van der Waals surface area contributed by atoms with E-state index in [-0.39, 0.29) is 25.0 Å². The van der Waals surface area contributed by atoms with Crippen LogP contribution in [0.25, 0.3) is 0 Å². The lowest BCUT2D eigenvalue weighted by Crippen LogP contribution is -2.48. The van der Waals surface area contributed by atoms with Crippen molar-refractivity contribution in [2.45, 2.75) is 26.2 Å². The second-order valence-corrected chi connectivity index (χ2v) is 14.7. The Morgan fingerprint density at radius 2 is 0.886 bits per heavy atom. The highest BCUT2D eigenvalue weighted by Gasteiger charge is 2.20. The third-order valence-electron chi connectivity index (χ3n) is 7.43. The van der Waals surface area contributed by atoms with Gasteiger partial charge in [-0.15, -0.1) is 45.3 Å². The molecule has 0 radical (unpaired) electrons. The zero-order valence-electron chi connectivity index (χ0n) is 24.9. The van der Waals surface area contributed by atoms with E-state index in [4.69, 9.17) is 9.47 Å². The van der Waals surface area contributed by atoms with E-state index in [1.165, 1.54) is 19.5 Å². The summed E-state index contributed by atoms with van der Waals surface area (Å²) in [6.07, 6.45) is 0. The molecule has 44 heavy (non-hydrogen) atoms. The van der Waals surface area contributed by atoms with E-state index in [1.54, 1.807) is 45.3 Å². The number of carbonyl (C=O) groups excluding carboxylic acids is 2. The molecule has 0 spiro atoms. The van der Waals surface area contributed by atoms with Crippen molar-refractivity contribution in [3.63, 3.8) is 0 Å². The fourth-order valence-electron chi connectivity index (χ4n) is 4.95. The molecule has 8 nitrogen and oxygen atoms in total. The van der Waals surface area contributed by atoms with E-state index >= 15 is 0 Å². The second kappa shape index (κ2) is 17.9. The van der Waals surface area contributed by atoms with E-state index in [1.807, 2.05) is 55.6 Å². The molecule has 1 aliphatic rings. The van der Waals surface area contributed by atoms with Gasteiger partial charge in [0.25, 0.3) is 0 Å². The molecule has 1 aliphatic heterocycles. The predicted molar refractivity (Wildman–Crippen MR) is 180 cm³/mol. The summed E-state index contributed by atoms with van der Waals surface area (Å²) in [6, 6.07) is 16.4. The van der Waals surface area contributed by atoms with Gasteiger partial charge in [0.05, 0.1) is 39.4 Å². The second-order valence-electron chi connectivity index (χ2n) is 10.6. The summed E-state index contributed by atoms with van der Waals surface area (Å²) in [4.78, 5) is 39.2. The standard InChI is InChI=1S/C32H40N4O4S4/c37-31(35(21-27-5-1-17-41-27)22-28-6-2-18-42-28)25-39-15-13-33-9-11-34(12-10-33)14-16-40-26-32(38)36(23-29-7-3-19-43-29)24-30-8-4-20-44-30/h1-8,17-20H,9-16,21-26H2. The largest absolute Gasteiger partial charge is 0.370 e. The molecule has 12 heteroatoms. The number of ether oxygens (including phenoxy) is 2. The number of hydrogen-bond acceptors (Lipinski definition) is 10. The van der Waals surface area contributed by atoms with Gasteiger partial charge in [-0.2, -0.15) is 0 Å². The lowest BCUT2D eigenvalue weighted by atomic mass is 10.3. The summed E-state index contributed by atoms with van der Waals surface area (Å²) in [6.45, 7) is 9.16. The van der Waals surface area contributed by atoms with E-state index in [0.29, 0.717) is 39.4 Å². The van der Waals surface area contributed by atoms with E-state index in [0.717, 1.165) is 39.3 Å². The van der Waals surface area contributed by atoms with Crippen LogP contribution in [0.2, 0.25) is 0 Å². The van der Waals surface area contributed by atoms with Crippen molar-refractivity contribution in [1.29, 1.82) is 0 Å². The van der Waals surface area contributed by atoms with Crippen LogP contribution in [0.4, 0.5) is 0 Å². The molecule has 2 amide bonds. The minimum absolute atomic E-state index is 0.0243. The number of nitrogens with zero attached hydrogens (tertiary/aromatic N) is 4. The number of carbonyl (C=O) groups is 2. The first-order valence-electron chi connectivity index (χ1n) is 14.9. The third kappa shape index (κ3) is 10.9. The SMILES string of the molecule is O=C(COCCN1CCN(CCOCC(=O)N(Cc2cccs2)Cc2cccs2)CC1)N(Cc1cccs1)Cc1cccs1. The Balaban J connectivity index is 0.945. The average Bonchev–Trinajstić information content (AvgIpc) is 3.87. The van der Waals surface area contributed by atoms with Gasteiger partial charge in [0.2, 0.25) is 11.8 Å². The van der Waals surface area contributed by atoms with Crippen molar-refractivity contribution in [2.24, 2.45) is 0 Å². The molecular weight excluding hydrogens is 633 g/mol. The summed E-state index contributed by atoms with van der Waals surface area (Å²) < 4.78 is 11.7. The van der Waals surface area contributed by atoms with Crippen molar-refractivity contribution in [1.82, 2.24) is 19.6 Å². The van der Waals surface area contributed by atoms with Crippen LogP contribution in [0, 0.1) is 0 Å². The molecule has 5 rings (SSSR count). The Hall–Kier alpha value is -2.42. The topological polar surface area (TPSA) is 65.6 Å². The molecule has 0 bridgehead atoms. The number of thiophene rings is 4. The maximum atomic E-state index is 13.0. The van der Waals surface area contributed by atoms with Gasteiger partial charge in [0.15, 0.2) is 0 Å². The van der Waals surface area contributed by atoms with Gasteiger partial charge in [-0.3, -0.25) is 19.4 Å². The zero-order chi connectivity index (χ0) is 30.4. The molecule has 4 aromatic rings. The molecule has 0 saturated carbocycles. The smallest absolute Gasteiger partial charge is 0.249 e. The van der Waals surface area contributed by atoms with Gasteiger partial charge < -0.3 is 19.3 Å². The van der Waals surface area contributed by atoms with Crippen LogP contribution in [-0.4, -0.2) is 97.1 Å². The fraction of sp³-hybridized carbons (Fsp3) is 0.438. The molecular formula is C32H40N4O4S4. The van der Waals surface area contributed by atoms with Crippen LogP contribution in [-0.2, 0) is 45.2 Å². The van der Waals surface area contributed by atoms with E-state index < -0.39 is 0 Å². The number of amides is 2. The third-order valence-corrected chi connectivity index (χ3v) is 10.9. The number of hydrogen-bond donors (Lipinski definition) is 0. The van der Waals surface area contributed by atoms with Gasteiger partial charge in [-0.1, -0.05) is 24.3 Å². The highest BCUT2D eigenvalue weighted by Crippen LogP contribution is 2.19. The molecule has 1 saturated heterocycles. The Bertz CT molecular complexity index is 1160. The molecule has 0 unspecified atom stereocenters. The molecule has 4 aromatic heterocycles. The minimum Gasteiger partial charge on any atom is -0.370 e. The maximum absolute atomic E-state index is 13.0. The Kier molecular flexibility index (Phi) is 13.4. The van der Waals surface area contributed by atoms with Crippen LogP contribution in [0.5, 0.6) is 0 Å². The first kappa shape index (κ1) is 33.0. The van der Waals surface area contributed by atoms with Gasteiger partial charge >= 0.3 is 0 Å². The normalized spacial score (nSPS) is 14.2. The average molecular weight is 673 g/mol. The van der Waals surface area contributed by atoms with E-state index in [9.17, 15) is 9.59 Å². The van der Waals surface area contributed by atoms with Crippen LogP contribution in [0.3, 0.4) is 0 Å². The maximum Gasteiger partial charge on any atom is 0.249 e. The Labute approximate surface area is 276 Å². The summed E-state index contributed by atoms with van der Waals surface area (Å²) in [5.74, 6) is 0.0486. The molecule has 0 aromatic carbocycles. The molecule has 5 heterocycles. The fourth-order valence-corrected chi connectivity index (χ4v) is 7.83. The summed E-state index contributed by atoms with van der Waals surface area (Å²) >= 11 is 6.69. The minimum atomic E-state index is 0.0243. The van der Waals surface area contributed by atoms with Crippen molar-refractivity contribution in [3.8, 4) is 0 Å². The summed E-state index contributed by atoms with van der Waals surface area (Å²) in [7, 11) is 0. The molecule has 0 atom stereocenters. The molecule has 1 fully saturated rings. The van der Waals surface area contributed by atoms with Gasteiger partial charge in [0, 0.05) is 58.8 Å². The van der Waals surface area contributed by atoms with E-state index in [2.05, 4.69) is 34.1 Å². The number of rotatable bonds is 18. The number of piperazine rings is 1. The quantitative estimate of drug-likeness (QED) is 0.133. The van der Waals surface area contributed by atoms with Crippen molar-refractivity contribution in [2.75, 3.05) is 65.7 Å². The van der Waals surface area contributed by atoms with Crippen LogP contribution in [0.15, 0.2) is 70.1 Å². The van der Waals surface area contributed by atoms with Gasteiger partial charge in [-0.05, 0) is 45.8 Å². The molecule has 0 aliphatic carbocycles. The first-order valence-corrected chi connectivity index (χ1v) is 18.4. The molecule has 0 N–H and O–H groups in total. The van der Waals surface area contributed by atoms with Crippen molar-refractivity contribution in [3.05, 3.63) is 89.6 Å². The monoisotopic (exact) mass is 672 g/mol.